The van der Waals surface area contributed by atoms with E-state index < -0.39 is 0 Å². The molecule has 4 aromatic heterocycles. The van der Waals surface area contributed by atoms with Gasteiger partial charge < -0.3 is 4.57 Å². The fourth-order valence-electron chi connectivity index (χ4n) is 8.94. The van der Waals surface area contributed by atoms with E-state index in [0.29, 0.717) is 0 Å². The van der Waals surface area contributed by atoms with Crippen LogP contribution < -0.4 is 0 Å². The molecule has 12 aromatic rings. The van der Waals surface area contributed by atoms with Gasteiger partial charge in [0.15, 0.2) is 0 Å². The average molecular weight is 751 g/mol. The molecule has 274 valence electrons. The van der Waals surface area contributed by atoms with E-state index in [1.54, 1.807) is 0 Å². The van der Waals surface area contributed by atoms with Crippen LogP contribution >= 0.6 is 0 Å². The molecule has 0 spiro atoms. The largest absolute Gasteiger partial charge is 0.309 e. The summed E-state index contributed by atoms with van der Waals surface area (Å²) in [7, 11) is 0. The van der Waals surface area contributed by atoms with Crippen LogP contribution in [0.1, 0.15) is 0 Å². The van der Waals surface area contributed by atoms with Crippen molar-refractivity contribution in [3.8, 4) is 50.6 Å². The Kier molecular flexibility index (Phi) is 7.50. The van der Waals surface area contributed by atoms with Gasteiger partial charge in [-0.2, -0.15) is 0 Å². The Morgan fingerprint density at radius 1 is 0.322 bits per heavy atom. The van der Waals surface area contributed by atoms with Crippen molar-refractivity contribution in [3.05, 3.63) is 206 Å². The number of nitrogens with zero attached hydrogens (tertiary/aromatic N) is 4. The maximum atomic E-state index is 5.43. The maximum Gasteiger partial charge on any atom is 0.0972 e. The zero-order chi connectivity index (χ0) is 38.9. The van der Waals surface area contributed by atoms with Gasteiger partial charge in [0.2, 0.25) is 0 Å². The van der Waals surface area contributed by atoms with Crippen molar-refractivity contribution in [1.82, 2.24) is 19.5 Å². The minimum atomic E-state index is 0.907. The summed E-state index contributed by atoms with van der Waals surface area (Å²) in [6.45, 7) is 0. The third-order valence-electron chi connectivity index (χ3n) is 11.8. The van der Waals surface area contributed by atoms with Crippen molar-refractivity contribution < 1.29 is 0 Å². The first kappa shape index (κ1) is 33.2. The predicted octanol–water partition coefficient (Wildman–Crippen LogP) is 14.2. The first-order valence-corrected chi connectivity index (χ1v) is 20.0. The van der Waals surface area contributed by atoms with Gasteiger partial charge in [0, 0.05) is 60.1 Å². The zero-order valence-corrected chi connectivity index (χ0v) is 31.9. The lowest BCUT2D eigenvalue weighted by Gasteiger charge is -2.14. The normalized spacial score (nSPS) is 11.7. The summed E-state index contributed by atoms with van der Waals surface area (Å²) in [5.74, 6) is 0. The molecular weight excluding hydrogens is 717 g/mol. The van der Waals surface area contributed by atoms with Crippen LogP contribution in [0.2, 0.25) is 0 Å². The molecule has 12 rings (SSSR count). The lowest BCUT2D eigenvalue weighted by Crippen LogP contribution is -1.94. The number of benzene rings is 8. The van der Waals surface area contributed by atoms with Crippen molar-refractivity contribution in [3.63, 3.8) is 0 Å². The number of aromatic nitrogens is 4. The molecule has 0 aliphatic carbocycles. The first-order chi connectivity index (χ1) is 29.2. The van der Waals surface area contributed by atoms with Crippen molar-refractivity contribution in [2.24, 2.45) is 0 Å². The van der Waals surface area contributed by atoms with Crippen LogP contribution in [-0.2, 0) is 0 Å². The number of para-hydroxylation sites is 2. The molecule has 0 N–H and O–H groups in total. The van der Waals surface area contributed by atoms with Gasteiger partial charge in [0.05, 0.1) is 44.7 Å². The molecular formula is C55H34N4. The highest BCUT2D eigenvalue weighted by molar-refractivity contribution is 6.29. The average Bonchev–Trinajstić information content (AvgIpc) is 3.66. The summed E-state index contributed by atoms with van der Waals surface area (Å²) >= 11 is 0. The molecule has 4 heterocycles. The lowest BCUT2D eigenvalue weighted by molar-refractivity contribution is 1.18. The molecule has 0 atom stereocenters. The predicted molar refractivity (Wildman–Crippen MR) is 246 cm³/mol. The van der Waals surface area contributed by atoms with Crippen molar-refractivity contribution in [2.75, 3.05) is 0 Å². The van der Waals surface area contributed by atoms with Gasteiger partial charge >= 0.3 is 0 Å². The molecule has 0 aliphatic heterocycles. The van der Waals surface area contributed by atoms with Crippen LogP contribution in [0.4, 0.5) is 0 Å². The summed E-state index contributed by atoms with van der Waals surface area (Å²) in [6, 6.07) is 73.1. The van der Waals surface area contributed by atoms with E-state index in [2.05, 4.69) is 193 Å². The van der Waals surface area contributed by atoms with Gasteiger partial charge in [-0.15, -0.1) is 0 Å². The van der Waals surface area contributed by atoms with Crippen molar-refractivity contribution >= 4 is 65.3 Å². The molecule has 59 heavy (non-hydrogen) atoms. The standard InChI is InChI=1S/C55H34N4/c1-4-12-36(13-5-1)46-31-27-39-24-25-40-28-32-47(57-55(40)54(39)56-46)37-22-20-35(21-23-37)41-26-29-43-48(34-41)58-53(38-14-6-2-7-15-38)45-30-33-50-52(51(43)45)44-18-10-11-19-49(44)59(50)42-16-8-3-9-17-42/h1-34H. The molecule has 0 saturated heterocycles. The molecule has 0 amide bonds. The Bertz CT molecular complexity index is 3580. The summed E-state index contributed by atoms with van der Waals surface area (Å²) in [6.07, 6.45) is 0. The SMILES string of the molecule is c1ccc(-c2ccc3ccc4ccc(-c5ccc(-c6ccc7c(c6)nc(-c6ccccc6)c6ccc8c(c9ccccc9n8-c8ccccc8)c67)cc5)nc4c3n2)cc1. The number of fused-ring (bicyclic) bond motifs is 10. The van der Waals surface area contributed by atoms with Crippen LogP contribution in [0, 0.1) is 0 Å². The van der Waals surface area contributed by atoms with Crippen LogP contribution in [0.25, 0.3) is 116 Å². The zero-order valence-electron chi connectivity index (χ0n) is 31.9. The monoisotopic (exact) mass is 750 g/mol. The highest BCUT2D eigenvalue weighted by atomic mass is 15.0. The van der Waals surface area contributed by atoms with Gasteiger partial charge in [0.1, 0.15) is 0 Å². The van der Waals surface area contributed by atoms with Gasteiger partial charge in [-0.1, -0.05) is 164 Å². The Labute approximate surface area is 340 Å². The minimum Gasteiger partial charge on any atom is -0.309 e. The Morgan fingerprint density at radius 3 is 1.56 bits per heavy atom. The van der Waals surface area contributed by atoms with Gasteiger partial charge in [-0.05, 0) is 53.6 Å². The third kappa shape index (κ3) is 5.42. The highest BCUT2D eigenvalue weighted by Crippen LogP contribution is 2.43. The molecule has 4 heteroatoms. The van der Waals surface area contributed by atoms with Crippen LogP contribution in [0.5, 0.6) is 0 Å². The smallest absolute Gasteiger partial charge is 0.0972 e. The van der Waals surface area contributed by atoms with Crippen molar-refractivity contribution in [1.29, 1.82) is 0 Å². The summed E-state index contributed by atoms with van der Waals surface area (Å²) < 4.78 is 2.39. The van der Waals surface area contributed by atoms with Crippen LogP contribution in [0.3, 0.4) is 0 Å². The van der Waals surface area contributed by atoms with Gasteiger partial charge in [-0.3, -0.25) is 0 Å². The summed E-state index contributed by atoms with van der Waals surface area (Å²) in [5, 5.41) is 8.12. The van der Waals surface area contributed by atoms with E-state index in [4.69, 9.17) is 15.0 Å². The van der Waals surface area contributed by atoms with E-state index in [0.717, 1.165) is 88.7 Å². The number of pyridine rings is 3. The molecule has 0 saturated carbocycles. The summed E-state index contributed by atoms with van der Waals surface area (Å²) in [4.78, 5) is 15.8. The lowest BCUT2D eigenvalue weighted by atomic mass is 9.94. The highest BCUT2D eigenvalue weighted by Gasteiger charge is 2.20. The van der Waals surface area contributed by atoms with Gasteiger partial charge in [-0.25, -0.2) is 15.0 Å². The molecule has 0 fully saturated rings. The molecule has 0 radical (unpaired) electrons. The van der Waals surface area contributed by atoms with Gasteiger partial charge in [0.25, 0.3) is 0 Å². The molecule has 4 nitrogen and oxygen atoms in total. The Morgan fingerprint density at radius 2 is 0.864 bits per heavy atom. The second-order valence-electron chi connectivity index (χ2n) is 15.2. The van der Waals surface area contributed by atoms with E-state index in [1.807, 2.05) is 18.2 Å². The number of hydrogen-bond acceptors (Lipinski definition) is 3. The fourth-order valence-corrected chi connectivity index (χ4v) is 8.94. The fraction of sp³-hybridized carbons (Fsp3) is 0. The van der Waals surface area contributed by atoms with E-state index in [9.17, 15) is 0 Å². The summed E-state index contributed by atoms with van der Waals surface area (Å²) in [5.41, 5.74) is 14.6. The maximum absolute atomic E-state index is 5.43. The van der Waals surface area contributed by atoms with Crippen LogP contribution in [-0.4, -0.2) is 19.5 Å². The second kappa shape index (κ2) is 13.3. The second-order valence-corrected chi connectivity index (χ2v) is 15.2. The third-order valence-corrected chi connectivity index (χ3v) is 11.8. The molecule has 0 aliphatic rings. The molecule has 0 unspecified atom stereocenters. The minimum absolute atomic E-state index is 0.907. The van der Waals surface area contributed by atoms with E-state index in [1.165, 1.54) is 27.2 Å². The van der Waals surface area contributed by atoms with E-state index in [-0.39, 0.29) is 0 Å². The van der Waals surface area contributed by atoms with Crippen molar-refractivity contribution in [2.45, 2.75) is 0 Å². The molecule has 8 aromatic carbocycles. The first-order valence-electron chi connectivity index (χ1n) is 20.0. The molecule has 0 bridgehead atoms. The number of rotatable bonds is 5. The van der Waals surface area contributed by atoms with Crippen LogP contribution in [0.15, 0.2) is 206 Å². The van der Waals surface area contributed by atoms with E-state index >= 15 is 0 Å². The quantitative estimate of drug-likeness (QED) is 0.165. The topological polar surface area (TPSA) is 43.6 Å². The Hall–Kier alpha value is -7.95. The Balaban J connectivity index is 1.00. The number of hydrogen-bond donors (Lipinski definition) is 0.